The molecule has 43 heavy (non-hydrogen) atoms. The van der Waals surface area contributed by atoms with Crippen molar-refractivity contribution in [1.29, 1.82) is 0 Å². The summed E-state index contributed by atoms with van der Waals surface area (Å²) in [6.07, 6.45) is 16.6. The van der Waals surface area contributed by atoms with Crippen molar-refractivity contribution < 1.29 is 33.7 Å². The molecular weight excluding hydrogens is 548 g/mol. The summed E-state index contributed by atoms with van der Waals surface area (Å²) in [6, 6.07) is 3.35. The van der Waals surface area contributed by atoms with Gasteiger partial charge < -0.3 is 29.0 Å². The maximum absolute atomic E-state index is 12.6. The molecule has 1 aliphatic heterocycles. The Bertz CT molecular complexity index is 1370. The van der Waals surface area contributed by atoms with Crippen LogP contribution in [0.1, 0.15) is 85.1 Å². The average molecular weight is 593 g/mol. The summed E-state index contributed by atoms with van der Waals surface area (Å²) in [5.41, 5.74) is 1.69. The normalized spacial score (nSPS) is 18.7. The van der Waals surface area contributed by atoms with Gasteiger partial charge in [0.2, 0.25) is 5.91 Å². The molecule has 0 spiro atoms. The Hall–Kier alpha value is -4.11. The first kappa shape index (κ1) is 33.4. The highest BCUT2D eigenvalue weighted by molar-refractivity contribution is 5.96. The Balaban J connectivity index is 1.41. The van der Waals surface area contributed by atoms with Crippen LogP contribution >= 0.6 is 0 Å². The van der Waals surface area contributed by atoms with E-state index in [0.29, 0.717) is 35.7 Å². The zero-order valence-corrected chi connectivity index (χ0v) is 25.9. The van der Waals surface area contributed by atoms with Crippen molar-refractivity contribution in [2.24, 2.45) is 5.92 Å². The molecule has 2 heterocycles. The molecule has 0 radical (unpaired) electrons. The van der Waals surface area contributed by atoms with Crippen LogP contribution in [0.3, 0.4) is 0 Å². The molecule has 1 aromatic carbocycles. The van der Waals surface area contributed by atoms with Crippen LogP contribution in [-0.2, 0) is 20.7 Å². The van der Waals surface area contributed by atoms with E-state index in [1.165, 1.54) is 6.08 Å². The van der Waals surface area contributed by atoms with E-state index >= 15 is 0 Å². The van der Waals surface area contributed by atoms with Gasteiger partial charge in [0.25, 0.3) is 0 Å². The maximum Gasteiger partial charge on any atom is 0.342 e. The van der Waals surface area contributed by atoms with Crippen molar-refractivity contribution in [2.75, 3.05) is 20.7 Å². The second kappa shape index (κ2) is 15.9. The lowest BCUT2D eigenvalue weighted by molar-refractivity contribution is -0.124. The van der Waals surface area contributed by atoms with Crippen LogP contribution in [0.5, 0.6) is 5.75 Å². The summed E-state index contributed by atoms with van der Waals surface area (Å²) < 4.78 is 16.3. The standard InChI is InChI=1S/C34H44N2O7/c1-22-16-17-27-29(30(22)38)34(40)43-32(31(27)39)24(3)19-26-21-42-33(35-26)23(2)15-13-11-9-7-8-10-12-14-18-36(5)28(37)20-25(4)41-6/h7,9,11-14,16-17,20-21,23-24,31-32,38-39H,8,10,15,18-19H2,1-6H3/b9-7-,13-11-,14-12+,25-20+/t23-,24-,31+,32-/m1/s1. The van der Waals surface area contributed by atoms with Crippen LogP contribution in [-0.4, -0.2) is 58.8 Å². The highest BCUT2D eigenvalue weighted by Gasteiger charge is 2.39. The minimum absolute atomic E-state index is 0.0353. The molecule has 0 saturated carbocycles. The van der Waals surface area contributed by atoms with Gasteiger partial charge in [-0.15, -0.1) is 0 Å². The number of ether oxygens (including phenoxy) is 2. The molecule has 0 unspecified atom stereocenters. The zero-order chi connectivity index (χ0) is 31.5. The number of phenols is 1. The first-order valence-corrected chi connectivity index (χ1v) is 14.6. The number of benzene rings is 1. The van der Waals surface area contributed by atoms with E-state index in [4.69, 9.17) is 13.9 Å². The number of methoxy groups -OCH3 is 1. The number of aliphatic hydroxyl groups excluding tert-OH is 1. The summed E-state index contributed by atoms with van der Waals surface area (Å²) in [6.45, 7) is 7.93. The van der Waals surface area contributed by atoms with Gasteiger partial charge in [0.1, 0.15) is 29.8 Å². The number of carbonyl (C=O) groups is 2. The number of hydrogen-bond donors (Lipinski definition) is 2. The summed E-state index contributed by atoms with van der Waals surface area (Å²) in [7, 11) is 3.30. The van der Waals surface area contributed by atoms with Crippen LogP contribution in [0, 0.1) is 12.8 Å². The third kappa shape index (κ3) is 9.19. The highest BCUT2D eigenvalue weighted by atomic mass is 16.6. The topological polar surface area (TPSA) is 122 Å². The molecule has 1 amide bonds. The van der Waals surface area contributed by atoms with Crippen molar-refractivity contribution in [3.05, 3.63) is 95.0 Å². The van der Waals surface area contributed by atoms with Gasteiger partial charge in [-0.05, 0) is 45.1 Å². The molecule has 0 aliphatic carbocycles. The van der Waals surface area contributed by atoms with Crippen LogP contribution in [0.15, 0.2) is 71.1 Å². The van der Waals surface area contributed by atoms with Gasteiger partial charge in [-0.3, -0.25) is 4.79 Å². The van der Waals surface area contributed by atoms with Gasteiger partial charge in [0.05, 0.1) is 18.6 Å². The fourth-order valence-corrected chi connectivity index (χ4v) is 4.72. The predicted octanol–water partition coefficient (Wildman–Crippen LogP) is 6.09. The first-order chi connectivity index (χ1) is 20.5. The number of esters is 1. The molecular formula is C34H44N2O7. The quantitative estimate of drug-likeness (QED) is 0.0675. The fourth-order valence-electron chi connectivity index (χ4n) is 4.72. The molecule has 1 aromatic heterocycles. The van der Waals surface area contributed by atoms with Crippen LogP contribution in [0.25, 0.3) is 0 Å². The third-order valence-corrected chi connectivity index (χ3v) is 7.52. The number of nitrogens with zero attached hydrogens (tertiary/aromatic N) is 2. The number of oxazole rings is 1. The first-order valence-electron chi connectivity index (χ1n) is 14.6. The molecule has 0 fully saturated rings. The number of aromatic hydroxyl groups is 1. The van der Waals surface area contributed by atoms with Gasteiger partial charge in [0.15, 0.2) is 5.89 Å². The number of hydrogen-bond acceptors (Lipinski definition) is 8. The number of aryl methyl sites for hydroxylation is 1. The monoisotopic (exact) mass is 592 g/mol. The van der Waals surface area contributed by atoms with Crippen molar-refractivity contribution in [3.8, 4) is 5.75 Å². The Labute approximate surface area is 254 Å². The van der Waals surface area contributed by atoms with E-state index < -0.39 is 18.2 Å². The molecule has 0 bridgehead atoms. The van der Waals surface area contributed by atoms with E-state index in [0.717, 1.165) is 25.0 Å². The van der Waals surface area contributed by atoms with Crippen LogP contribution in [0.2, 0.25) is 0 Å². The van der Waals surface area contributed by atoms with E-state index in [1.54, 1.807) is 51.3 Å². The van der Waals surface area contributed by atoms with Crippen molar-refractivity contribution in [2.45, 2.75) is 71.5 Å². The minimum Gasteiger partial charge on any atom is -0.507 e. The van der Waals surface area contributed by atoms with Gasteiger partial charge in [0, 0.05) is 37.1 Å². The average Bonchev–Trinajstić information content (AvgIpc) is 3.45. The van der Waals surface area contributed by atoms with Crippen LogP contribution < -0.4 is 0 Å². The van der Waals surface area contributed by atoms with E-state index in [2.05, 4.69) is 23.2 Å². The molecule has 3 rings (SSSR count). The largest absolute Gasteiger partial charge is 0.507 e. The minimum atomic E-state index is -1.04. The zero-order valence-electron chi connectivity index (χ0n) is 25.9. The lowest BCUT2D eigenvalue weighted by Crippen LogP contribution is -2.37. The number of allylic oxidation sites excluding steroid dienone is 6. The second-order valence-corrected chi connectivity index (χ2v) is 11.1. The number of cyclic esters (lactones) is 1. The van der Waals surface area contributed by atoms with Crippen molar-refractivity contribution >= 4 is 11.9 Å². The fraction of sp³-hybridized carbons (Fsp3) is 0.441. The number of rotatable bonds is 14. The smallest absolute Gasteiger partial charge is 0.342 e. The van der Waals surface area contributed by atoms with Crippen molar-refractivity contribution in [1.82, 2.24) is 9.88 Å². The number of fused-ring (bicyclic) bond motifs is 1. The number of aromatic nitrogens is 1. The molecule has 1 aliphatic rings. The summed E-state index contributed by atoms with van der Waals surface area (Å²) in [5, 5.41) is 21.2. The number of likely N-dealkylation sites (N-methyl/N-ethyl adjacent to an activating group) is 1. The predicted molar refractivity (Wildman–Crippen MR) is 164 cm³/mol. The number of aliphatic hydroxyl groups is 1. The molecule has 2 aromatic rings. The van der Waals surface area contributed by atoms with E-state index in [1.807, 2.05) is 32.1 Å². The SMILES string of the molecule is CO/C(C)=C/C(=O)N(C)C/C=C/CC/C=C\C=C/C[C@@H](C)c1nc(C[C@@H](C)[C@H]2OC(=O)c3c(ccc(C)c3O)[C@@H]2O)co1. The molecule has 9 heteroatoms. The summed E-state index contributed by atoms with van der Waals surface area (Å²) in [5.74, 6) is 0.192. The highest BCUT2D eigenvalue weighted by Crippen LogP contribution is 2.39. The van der Waals surface area contributed by atoms with Gasteiger partial charge in [-0.1, -0.05) is 62.4 Å². The molecule has 2 N–H and O–H groups in total. The number of amides is 1. The maximum atomic E-state index is 12.6. The van der Waals surface area contributed by atoms with E-state index in [-0.39, 0.29) is 29.1 Å². The van der Waals surface area contributed by atoms with Gasteiger partial charge in [-0.25, -0.2) is 9.78 Å². The lowest BCUT2D eigenvalue weighted by atomic mass is 9.86. The summed E-state index contributed by atoms with van der Waals surface area (Å²) >= 11 is 0. The number of phenolic OH excluding ortho intramolecular Hbond substituents is 1. The molecule has 9 nitrogen and oxygen atoms in total. The lowest BCUT2D eigenvalue weighted by Gasteiger charge is -2.33. The Morgan fingerprint density at radius 3 is 2.63 bits per heavy atom. The van der Waals surface area contributed by atoms with Gasteiger partial charge in [-0.2, -0.15) is 0 Å². The molecule has 0 saturated heterocycles. The van der Waals surface area contributed by atoms with Crippen molar-refractivity contribution in [3.63, 3.8) is 0 Å². The number of unbranched alkanes of at least 4 members (excludes halogenated alkanes) is 1. The molecule has 4 atom stereocenters. The molecule has 232 valence electrons. The number of carbonyl (C=O) groups excluding carboxylic acids is 2. The summed E-state index contributed by atoms with van der Waals surface area (Å²) in [4.78, 5) is 30.8. The Morgan fingerprint density at radius 2 is 1.88 bits per heavy atom. The van der Waals surface area contributed by atoms with Crippen LogP contribution in [0.4, 0.5) is 0 Å². The van der Waals surface area contributed by atoms with Gasteiger partial charge >= 0.3 is 5.97 Å². The van der Waals surface area contributed by atoms with E-state index in [9.17, 15) is 19.8 Å². The second-order valence-electron chi connectivity index (χ2n) is 11.1. The Kier molecular flexibility index (Phi) is 12.4. The third-order valence-electron chi connectivity index (χ3n) is 7.52. The Morgan fingerprint density at radius 1 is 1.16 bits per heavy atom.